The Balaban J connectivity index is 1.44. The topological polar surface area (TPSA) is 134 Å². The summed E-state index contributed by atoms with van der Waals surface area (Å²) in [4.78, 5) is 13.6. The zero-order valence-electron chi connectivity index (χ0n) is 18.0. The summed E-state index contributed by atoms with van der Waals surface area (Å²) in [5.41, 5.74) is 8.17. The highest BCUT2D eigenvalue weighted by atomic mass is 31.2. The van der Waals surface area contributed by atoms with E-state index in [1.165, 1.54) is 16.7 Å². The number of hydrogen-bond donors (Lipinski definition) is 2. The zero-order valence-corrected chi connectivity index (χ0v) is 18.9. The van der Waals surface area contributed by atoms with Crippen LogP contribution in [0.5, 0.6) is 11.6 Å². The molecule has 4 aromatic rings. The molecule has 12 heteroatoms. The lowest BCUT2D eigenvalue weighted by atomic mass is 10.1. The molecule has 3 heterocycles. The van der Waals surface area contributed by atoms with E-state index in [1.807, 2.05) is 0 Å². The molecule has 4 rings (SSSR count). The summed E-state index contributed by atoms with van der Waals surface area (Å²) in [5, 5.41) is 4.07. The van der Waals surface area contributed by atoms with Crippen molar-refractivity contribution in [1.82, 2.24) is 10.1 Å². The first-order valence-electron chi connectivity index (χ1n) is 9.99. The monoisotopic (exact) mass is 487 g/mol. The van der Waals surface area contributed by atoms with Gasteiger partial charge in [0.25, 0.3) is 5.82 Å². The number of para-hydroxylation sites is 1. The van der Waals surface area contributed by atoms with Crippen molar-refractivity contribution in [2.24, 2.45) is 0 Å². The number of phosphoric ester groups is 1. The third-order valence-corrected chi connectivity index (χ3v) is 5.67. The summed E-state index contributed by atoms with van der Waals surface area (Å²) in [6, 6.07) is 14.7. The highest BCUT2D eigenvalue weighted by Crippen LogP contribution is 2.41. The van der Waals surface area contributed by atoms with Gasteiger partial charge in [-0.3, -0.25) is 10.3 Å². The fraction of sp³-hybridized carbons (Fsp3) is 0.136. The number of anilines is 1. The molecule has 0 spiro atoms. The Kier molecular flexibility index (Phi) is 6.99. The number of aromatic nitrogens is 3. The maximum atomic E-state index is 13.7. The Morgan fingerprint density at radius 2 is 2.03 bits per heavy atom. The Morgan fingerprint density at radius 3 is 2.76 bits per heavy atom. The van der Waals surface area contributed by atoms with E-state index in [4.69, 9.17) is 19.5 Å². The van der Waals surface area contributed by atoms with Crippen molar-refractivity contribution < 1.29 is 36.7 Å². The number of nitrogen functional groups attached to an aromatic ring is 1. The molecule has 3 N–H and O–H groups in total. The number of rotatable bonds is 9. The standard InChI is InChI=1S/C22H20FN4O6P/c1-30-34(28,29)31-14-27-10-4-5-17(22(27)24)20-12-16(26-33-20)11-15-8-9-21(25-13-15)32-19-7-3-2-6-18(19)23/h2-10,12-13,24H,11,14H2,1H3,(H,28,29)/p+1. The van der Waals surface area contributed by atoms with Gasteiger partial charge in [0.2, 0.25) is 12.6 Å². The molecule has 1 unspecified atom stereocenters. The lowest BCUT2D eigenvalue weighted by Gasteiger charge is -2.09. The van der Waals surface area contributed by atoms with E-state index < -0.39 is 13.6 Å². The fourth-order valence-corrected chi connectivity index (χ4v) is 3.40. The van der Waals surface area contributed by atoms with Crippen molar-refractivity contribution in [1.29, 1.82) is 0 Å². The number of nitrogens with zero attached hydrogens (tertiary/aromatic N) is 3. The molecule has 0 aliphatic rings. The average Bonchev–Trinajstić information content (AvgIpc) is 3.29. The first-order chi connectivity index (χ1) is 16.3. The quantitative estimate of drug-likeness (QED) is 0.267. The van der Waals surface area contributed by atoms with Crippen molar-refractivity contribution >= 4 is 13.6 Å². The molecule has 0 bridgehead atoms. The van der Waals surface area contributed by atoms with Gasteiger partial charge in [0.05, 0.1) is 11.9 Å². The van der Waals surface area contributed by atoms with Gasteiger partial charge in [0, 0.05) is 31.9 Å². The van der Waals surface area contributed by atoms with Crippen LogP contribution in [0, 0.1) is 5.82 Å². The maximum absolute atomic E-state index is 13.7. The van der Waals surface area contributed by atoms with Gasteiger partial charge in [-0.05, 0) is 29.8 Å². The third kappa shape index (κ3) is 5.64. The SMILES string of the molecule is COP(=O)(O)OC[n+]1cccc(-c2cc(Cc3ccc(Oc4ccccc4F)nc3)no2)c1N. The Morgan fingerprint density at radius 1 is 1.21 bits per heavy atom. The molecule has 0 amide bonds. The van der Waals surface area contributed by atoms with Gasteiger partial charge < -0.3 is 14.2 Å². The summed E-state index contributed by atoms with van der Waals surface area (Å²) in [6.07, 6.45) is 3.62. The van der Waals surface area contributed by atoms with Crippen molar-refractivity contribution in [2.75, 3.05) is 12.8 Å². The van der Waals surface area contributed by atoms with E-state index in [2.05, 4.69) is 14.7 Å². The zero-order chi connectivity index (χ0) is 24.1. The molecule has 0 radical (unpaired) electrons. The molecular formula is C22H21FN4O6P+. The summed E-state index contributed by atoms with van der Waals surface area (Å²) >= 11 is 0. The first kappa shape index (κ1) is 23.5. The van der Waals surface area contributed by atoms with E-state index >= 15 is 0 Å². The number of phosphoric acid groups is 1. The van der Waals surface area contributed by atoms with Crippen LogP contribution >= 0.6 is 7.82 Å². The molecule has 1 atom stereocenters. The molecule has 3 aromatic heterocycles. The van der Waals surface area contributed by atoms with Crippen LogP contribution in [0.4, 0.5) is 10.2 Å². The molecule has 0 saturated carbocycles. The molecule has 10 nitrogen and oxygen atoms in total. The number of halogens is 1. The number of nitrogens with two attached hydrogens (primary N) is 1. The average molecular weight is 487 g/mol. The largest absolute Gasteiger partial charge is 0.475 e. The van der Waals surface area contributed by atoms with Gasteiger partial charge in [-0.25, -0.2) is 23.0 Å². The van der Waals surface area contributed by atoms with Crippen LogP contribution in [0.2, 0.25) is 0 Å². The Hall–Kier alpha value is -3.63. The smallest absolute Gasteiger partial charge is 0.436 e. The van der Waals surface area contributed by atoms with E-state index in [9.17, 15) is 13.8 Å². The number of ether oxygens (including phenoxy) is 1. The van der Waals surface area contributed by atoms with Crippen LogP contribution in [0.1, 0.15) is 11.3 Å². The lowest BCUT2D eigenvalue weighted by molar-refractivity contribution is -0.711. The van der Waals surface area contributed by atoms with E-state index in [0.717, 1.165) is 12.7 Å². The second-order valence-electron chi connectivity index (χ2n) is 7.08. The summed E-state index contributed by atoms with van der Waals surface area (Å²) in [6.45, 7) is -0.296. The molecule has 0 saturated heterocycles. The van der Waals surface area contributed by atoms with Crippen LogP contribution in [0.15, 0.2) is 71.5 Å². The predicted molar refractivity (Wildman–Crippen MR) is 118 cm³/mol. The fourth-order valence-electron chi connectivity index (χ4n) is 3.02. The van der Waals surface area contributed by atoms with Crippen LogP contribution in [-0.2, 0) is 26.8 Å². The van der Waals surface area contributed by atoms with Crippen molar-refractivity contribution in [3.8, 4) is 23.0 Å². The van der Waals surface area contributed by atoms with Gasteiger partial charge >= 0.3 is 7.82 Å². The van der Waals surface area contributed by atoms with Crippen molar-refractivity contribution in [3.05, 3.63) is 84.1 Å². The number of hydrogen-bond acceptors (Lipinski definition) is 8. The molecule has 0 aliphatic heterocycles. The molecule has 0 aliphatic carbocycles. The summed E-state index contributed by atoms with van der Waals surface area (Å²) in [5.74, 6) is 0.543. The predicted octanol–water partition coefficient (Wildman–Crippen LogP) is 3.85. The molecule has 1 aromatic carbocycles. The maximum Gasteiger partial charge on any atom is 0.475 e. The Labute approximate surface area is 194 Å². The van der Waals surface area contributed by atoms with E-state index in [0.29, 0.717) is 23.4 Å². The molecule has 0 fully saturated rings. The van der Waals surface area contributed by atoms with Crippen LogP contribution in [-0.4, -0.2) is 22.1 Å². The first-order valence-corrected chi connectivity index (χ1v) is 11.5. The van der Waals surface area contributed by atoms with E-state index in [1.54, 1.807) is 54.9 Å². The van der Waals surface area contributed by atoms with Crippen LogP contribution in [0.3, 0.4) is 0 Å². The van der Waals surface area contributed by atoms with Gasteiger partial charge in [-0.1, -0.05) is 23.4 Å². The minimum atomic E-state index is -4.15. The van der Waals surface area contributed by atoms with Gasteiger partial charge in [0.15, 0.2) is 17.3 Å². The highest BCUT2D eigenvalue weighted by molar-refractivity contribution is 7.47. The number of benzene rings is 1. The van der Waals surface area contributed by atoms with Gasteiger partial charge in [0.1, 0.15) is 5.56 Å². The third-order valence-electron chi connectivity index (χ3n) is 4.76. The molecule has 176 valence electrons. The second-order valence-corrected chi connectivity index (χ2v) is 8.64. The van der Waals surface area contributed by atoms with Crippen molar-refractivity contribution in [3.63, 3.8) is 0 Å². The lowest BCUT2D eigenvalue weighted by Crippen LogP contribution is -2.38. The molecule has 34 heavy (non-hydrogen) atoms. The minimum absolute atomic E-state index is 0.0935. The Bertz CT molecular complexity index is 1330. The van der Waals surface area contributed by atoms with Crippen LogP contribution < -0.4 is 15.0 Å². The highest BCUT2D eigenvalue weighted by Gasteiger charge is 2.22. The van der Waals surface area contributed by atoms with Crippen LogP contribution in [0.25, 0.3) is 11.3 Å². The minimum Gasteiger partial charge on any atom is -0.436 e. The summed E-state index contributed by atoms with van der Waals surface area (Å²) < 4.78 is 46.8. The summed E-state index contributed by atoms with van der Waals surface area (Å²) in [7, 11) is -3.08. The normalized spacial score (nSPS) is 12.9. The number of pyridine rings is 2. The van der Waals surface area contributed by atoms with Gasteiger partial charge in [-0.2, -0.15) is 0 Å². The van der Waals surface area contributed by atoms with Crippen molar-refractivity contribution in [2.45, 2.75) is 13.2 Å². The molecular weight excluding hydrogens is 466 g/mol. The van der Waals surface area contributed by atoms with E-state index in [-0.39, 0.29) is 24.2 Å². The second kappa shape index (κ2) is 10.1. The van der Waals surface area contributed by atoms with Gasteiger partial charge in [-0.15, -0.1) is 0 Å².